The zero-order valence-corrected chi connectivity index (χ0v) is 15.0. The lowest BCUT2D eigenvalue weighted by Crippen LogP contribution is -2.45. The van der Waals surface area contributed by atoms with Crippen LogP contribution in [0.3, 0.4) is 0 Å². The van der Waals surface area contributed by atoms with Crippen LogP contribution in [0.1, 0.15) is 13.8 Å². The molecule has 0 saturated heterocycles. The molecule has 0 radical (unpaired) electrons. The molecule has 0 fully saturated rings. The summed E-state index contributed by atoms with van der Waals surface area (Å²) in [6.45, 7) is 3.05. The number of carbonyl (C=O) groups excluding carboxylic acids is 2. The molecule has 0 atom stereocenters. The van der Waals surface area contributed by atoms with Crippen LogP contribution in [0.5, 0.6) is 11.5 Å². The number of anilines is 2. The van der Waals surface area contributed by atoms with Crippen molar-refractivity contribution in [3.63, 3.8) is 0 Å². The number of benzene rings is 2. The average Bonchev–Trinajstić information content (AvgIpc) is 2.59. The van der Waals surface area contributed by atoms with E-state index in [1.807, 2.05) is 6.07 Å². The third-order valence-corrected chi connectivity index (χ3v) is 3.42. The topological polar surface area (TPSA) is 103 Å². The van der Waals surface area contributed by atoms with E-state index in [0.29, 0.717) is 22.9 Å². The first-order valence-corrected chi connectivity index (χ1v) is 8.05. The van der Waals surface area contributed by atoms with Crippen molar-refractivity contribution in [2.24, 2.45) is 5.73 Å². The summed E-state index contributed by atoms with van der Waals surface area (Å²) in [6.07, 6.45) is 0. The van der Waals surface area contributed by atoms with Crippen molar-refractivity contribution >= 4 is 23.2 Å². The molecule has 138 valence electrons. The Morgan fingerprint density at radius 3 is 2.23 bits per heavy atom. The quantitative estimate of drug-likeness (QED) is 0.706. The normalized spacial score (nSPS) is 10.8. The number of para-hydroxylation sites is 2. The standard InChI is InChI=1S/C19H23N3O4/c1-19(2,20)18(24)22-14-8-6-7-13(11-14)21-17(23)12-26-16-10-5-4-9-15(16)25-3/h4-11H,12,20H2,1-3H3,(H,21,23)(H,22,24). The Bertz CT molecular complexity index is 784. The number of hydrogen-bond acceptors (Lipinski definition) is 5. The highest BCUT2D eigenvalue weighted by atomic mass is 16.5. The molecule has 2 amide bonds. The Morgan fingerprint density at radius 1 is 1.00 bits per heavy atom. The van der Waals surface area contributed by atoms with Crippen molar-refractivity contribution < 1.29 is 19.1 Å². The minimum atomic E-state index is -0.998. The highest BCUT2D eigenvalue weighted by Crippen LogP contribution is 2.25. The lowest BCUT2D eigenvalue weighted by atomic mass is 10.1. The van der Waals surface area contributed by atoms with Gasteiger partial charge in [-0.25, -0.2) is 0 Å². The molecule has 7 nitrogen and oxygen atoms in total. The average molecular weight is 357 g/mol. The van der Waals surface area contributed by atoms with Crippen molar-refractivity contribution in [2.45, 2.75) is 19.4 Å². The smallest absolute Gasteiger partial charge is 0.262 e. The summed E-state index contributed by atoms with van der Waals surface area (Å²) >= 11 is 0. The molecule has 0 aliphatic heterocycles. The van der Waals surface area contributed by atoms with Gasteiger partial charge in [0.25, 0.3) is 5.91 Å². The number of methoxy groups -OCH3 is 1. The number of carbonyl (C=O) groups is 2. The van der Waals surface area contributed by atoms with Crippen LogP contribution in [0.25, 0.3) is 0 Å². The Balaban J connectivity index is 1.95. The van der Waals surface area contributed by atoms with E-state index in [-0.39, 0.29) is 18.4 Å². The molecule has 0 heterocycles. The molecule has 0 aliphatic carbocycles. The Morgan fingerprint density at radius 2 is 1.62 bits per heavy atom. The SMILES string of the molecule is COc1ccccc1OCC(=O)Nc1cccc(NC(=O)C(C)(C)N)c1. The molecule has 7 heteroatoms. The summed E-state index contributed by atoms with van der Waals surface area (Å²) < 4.78 is 10.6. The minimum absolute atomic E-state index is 0.174. The predicted octanol–water partition coefficient (Wildman–Crippen LogP) is 2.39. The van der Waals surface area contributed by atoms with E-state index in [1.54, 1.807) is 56.3 Å². The van der Waals surface area contributed by atoms with E-state index in [4.69, 9.17) is 15.2 Å². The van der Waals surface area contributed by atoms with Gasteiger partial charge in [-0.05, 0) is 44.2 Å². The molecule has 4 N–H and O–H groups in total. The fourth-order valence-electron chi connectivity index (χ4n) is 2.05. The lowest BCUT2D eigenvalue weighted by Gasteiger charge is -2.18. The first kappa shape index (κ1) is 19.3. The van der Waals surface area contributed by atoms with Crippen LogP contribution >= 0.6 is 0 Å². The van der Waals surface area contributed by atoms with E-state index in [1.165, 1.54) is 7.11 Å². The van der Waals surface area contributed by atoms with Crippen LogP contribution in [-0.2, 0) is 9.59 Å². The third-order valence-electron chi connectivity index (χ3n) is 3.42. The van der Waals surface area contributed by atoms with Crippen LogP contribution in [0.2, 0.25) is 0 Å². The molecular formula is C19H23N3O4. The zero-order chi connectivity index (χ0) is 19.2. The molecule has 2 aromatic rings. The maximum absolute atomic E-state index is 12.1. The fraction of sp³-hybridized carbons (Fsp3) is 0.263. The van der Waals surface area contributed by atoms with Gasteiger partial charge in [0.1, 0.15) is 0 Å². The second kappa shape index (κ2) is 8.35. The van der Waals surface area contributed by atoms with Gasteiger partial charge in [0.2, 0.25) is 5.91 Å². The molecule has 0 spiro atoms. The summed E-state index contributed by atoms with van der Waals surface area (Å²) in [5, 5.41) is 5.42. The van der Waals surface area contributed by atoms with Crippen molar-refractivity contribution in [3.05, 3.63) is 48.5 Å². The van der Waals surface area contributed by atoms with Crippen LogP contribution in [0.15, 0.2) is 48.5 Å². The van der Waals surface area contributed by atoms with Gasteiger partial charge in [-0.1, -0.05) is 18.2 Å². The van der Waals surface area contributed by atoms with Gasteiger partial charge < -0.3 is 25.8 Å². The summed E-state index contributed by atoms with van der Waals surface area (Å²) in [5.74, 6) is 0.379. The molecule has 0 unspecified atom stereocenters. The molecule has 2 aromatic carbocycles. The number of ether oxygens (including phenoxy) is 2. The van der Waals surface area contributed by atoms with Gasteiger partial charge in [-0.15, -0.1) is 0 Å². The zero-order valence-electron chi connectivity index (χ0n) is 15.0. The third kappa shape index (κ3) is 5.49. The molecule has 2 rings (SSSR count). The number of nitrogens with two attached hydrogens (primary N) is 1. The molecule has 26 heavy (non-hydrogen) atoms. The van der Waals surface area contributed by atoms with Gasteiger partial charge in [0, 0.05) is 11.4 Å². The Labute approximate surface area is 152 Å². The van der Waals surface area contributed by atoms with Gasteiger partial charge in [0.05, 0.1) is 12.6 Å². The minimum Gasteiger partial charge on any atom is -0.493 e. The number of nitrogens with one attached hydrogen (secondary N) is 2. The maximum Gasteiger partial charge on any atom is 0.262 e. The summed E-state index contributed by atoms with van der Waals surface area (Å²) in [4.78, 5) is 24.0. The summed E-state index contributed by atoms with van der Waals surface area (Å²) in [7, 11) is 1.53. The van der Waals surface area contributed by atoms with Crippen molar-refractivity contribution in [1.29, 1.82) is 0 Å². The molecular weight excluding hydrogens is 334 g/mol. The van der Waals surface area contributed by atoms with Gasteiger partial charge in [-0.3, -0.25) is 9.59 Å². The second-order valence-corrected chi connectivity index (χ2v) is 6.24. The fourth-order valence-corrected chi connectivity index (χ4v) is 2.05. The van der Waals surface area contributed by atoms with Gasteiger partial charge in [0.15, 0.2) is 18.1 Å². The molecule has 0 saturated carbocycles. The highest BCUT2D eigenvalue weighted by molar-refractivity contribution is 5.98. The van der Waals surface area contributed by atoms with Crippen LogP contribution in [0.4, 0.5) is 11.4 Å². The van der Waals surface area contributed by atoms with E-state index < -0.39 is 5.54 Å². The number of hydrogen-bond donors (Lipinski definition) is 3. The van der Waals surface area contributed by atoms with Crippen molar-refractivity contribution in [1.82, 2.24) is 0 Å². The van der Waals surface area contributed by atoms with Crippen LogP contribution < -0.4 is 25.8 Å². The van der Waals surface area contributed by atoms with E-state index >= 15 is 0 Å². The molecule has 0 aromatic heterocycles. The van der Waals surface area contributed by atoms with Crippen LogP contribution in [-0.4, -0.2) is 31.1 Å². The van der Waals surface area contributed by atoms with E-state index in [0.717, 1.165) is 0 Å². The Kier molecular flexibility index (Phi) is 6.19. The predicted molar refractivity (Wildman–Crippen MR) is 100 cm³/mol. The Hall–Kier alpha value is -3.06. The lowest BCUT2D eigenvalue weighted by molar-refractivity contribution is -0.120. The maximum atomic E-state index is 12.1. The van der Waals surface area contributed by atoms with Gasteiger partial charge >= 0.3 is 0 Å². The largest absolute Gasteiger partial charge is 0.493 e. The summed E-state index contributed by atoms with van der Waals surface area (Å²) in [6, 6.07) is 13.9. The van der Waals surface area contributed by atoms with Crippen LogP contribution in [0, 0.1) is 0 Å². The first-order chi connectivity index (χ1) is 12.3. The number of rotatable bonds is 7. The first-order valence-electron chi connectivity index (χ1n) is 8.05. The molecule has 0 aliphatic rings. The van der Waals surface area contributed by atoms with Gasteiger partial charge in [-0.2, -0.15) is 0 Å². The second-order valence-electron chi connectivity index (χ2n) is 6.24. The molecule has 0 bridgehead atoms. The van der Waals surface area contributed by atoms with E-state index in [2.05, 4.69) is 10.6 Å². The van der Waals surface area contributed by atoms with Crippen molar-refractivity contribution in [2.75, 3.05) is 24.4 Å². The highest BCUT2D eigenvalue weighted by Gasteiger charge is 2.21. The number of amides is 2. The monoisotopic (exact) mass is 357 g/mol. The van der Waals surface area contributed by atoms with Crippen molar-refractivity contribution in [3.8, 4) is 11.5 Å². The van der Waals surface area contributed by atoms with E-state index in [9.17, 15) is 9.59 Å². The summed E-state index contributed by atoms with van der Waals surface area (Å²) in [5.41, 5.74) is 5.83.